The molecule has 0 amide bonds. The van der Waals surface area contributed by atoms with Gasteiger partial charge < -0.3 is 9.47 Å². The van der Waals surface area contributed by atoms with Crippen molar-refractivity contribution in [2.45, 2.75) is 32.6 Å². The maximum Gasteiger partial charge on any atom is 0.338 e. The molecule has 0 heterocycles. The second kappa shape index (κ2) is 8.29. The van der Waals surface area contributed by atoms with E-state index in [0.717, 1.165) is 6.42 Å². The zero-order chi connectivity index (χ0) is 14.1. The number of esters is 2. The van der Waals surface area contributed by atoms with Gasteiger partial charge in [-0.1, -0.05) is 20.3 Å². The Balaban J connectivity index is 2.51. The minimum Gasteiger partial charge on any atom is -0.462 e. The minimum atomic E-state index is -0.364. The van der Waals surface area contributed by atoms with E-state index in [1.54, 1.807) is 24.3 Å². The average Bonchev–Trinajstić information content (AvgIpc) is 2.43. The number of rotatable bonds is 7. The summed E-state index contributed by atoms with van der Waals surface area (Å²) in [5.74, 6) is -0.220. The van der Waals surface area contributed by atoms with Gasteiger partial charge in [-0.25, -0.2) is 4.79 Å². The number of hydrogen-bond donors (Lipinski definition) is 0. The Morgan fingerprint density at radius 3 is 2.47 bits per heavy atom. The molecule has 0 fully saturated rings. The molecule has 4 heteroatoms. The number of unbranched alkanes of at least 4 members (excludes halogenated alkanes) is 1. The van der Waals surface area contributed by atoms with E-state index in [-0.39, 0.29) is 11.9 Å². The molecule has 1 rings (SSSR count). The minimum absolute atomic E-state index is 0.287. The lowest BCUT2D eigenvalue weighted by atomic mass is 10.2. The second-order valence-corrected chi connectivity index (χ2v) is 4.09. The smallest absolute Gasteiger partial charge is 0.338 e. The quantitative estimate of drug-likeness (QED) is 0.560. The van der Waals surface area contributed by atoms with E-state index in [0.29, 0.717) is 37.2 Å². The summed E-state index contributed by atoms with van der Waals surface area (Å²) in [5.41, 5.74) is 0.450. The van der Waals surface area contributed by atoms with E-state index in [2.05, 4.69) is 6.92 Å². The Bertz CT molecular complexity index is 409. The Labute approximate surface area is 113 Å². The van der Waals surface area contributed by atoms with E-state index in [9.17, 15) is 9.59 Å². The zero-order valence-corrected chi connectivity index (χ0v) is 11.2. The summed E-state index contributed by atoms with van der Waals surface area (Å²) >= 11 is 0. The van der Waals surface area contributed by atoms with Crippen molar-refractivity contribution < 1.29 is 19.1 Å². The fourth-order valence-electron chi connectivity index (χ4n) is 1.39. The van der Waals surface area contributed by atoms with Gasteiger partial charge in [0.05, 0.1) is 12.2 Å². The molecule has 0 N–H and O–H groups in total. The summed E-state index contributed by atoms with van der Waals surface area (Å²) in [6, 6.07) is 6.35. The van der Waals surface area contributed by atoms with Crippen LogP contribution in [-0.4, -0.2) is 18.5 Å². The number of carbonyl (C=O) groups is 2. The van der Waals surface area contributed by atoms with Gasteiger partial charge in [0.2, 0.25) is 0 Å². The molecule has 0 aromatic heterocycles. The third kappa shape index (κ3) is 5.55. The maximum absolute atomic E-state index is 11.5. The molecule has 1 aromatic rings. The monoisotopic (exact) mass is 263 g/mol. The first-order valence-electron chi connectivity index (χ1n) is 6.44. The van der Waals surface area contributed by atoms with Gasteiger partial charge >= 0.3 is 11.9 Å². The van der Waals surface area contributed by atoms with Crippen molar-refractivity contribution in [3.8, 4) is 5.75 Å². The highest BCUT2D eigenvalue weighted by Gasteiger charge is 2.08. The highest BCUT2D eigenvalue weighted by atomic mass is 16.5. The fourth-order valence-corrected chi connectivity index (χ4v) is 1.39. The highest BCUT2D eigenvalue weighted by Crippen LogP contribution is 2.14. The molecule has 0 aliphatic rings. The molecule has 4 nitrogen and oxygen atoms in total. The summed E-state index contributed by atoms with van der Waals surface area (Å²) in [7, 11) is 0. The van der Waals surface area contributed by atoms with Crippen LogP contribution in [0.5, 0.6) is 5.75 Å². The van der Waals surface area contributed by atoms with Gasteiger partial charge in [-0.2, -0.15) is 0 Å². The lowest BCUT2D eigenvalue weighted by Crippen LogP contribution is -2.08. The molecular weight excluding hydrogens is 244 g/mol. The molecule has 0 aliphatic heterocycles. The first-order chi connectivity index (χ1) is 9.17. The van der Waals surface area contributed by atoms with Crippen LogP contribution in [0.3, 0.4) is 0 Å². The molecule has 0 atom stereocenters. The number of carbonyl (C=O) groups excluding carboxylic acids is 2. The van der Waals surface area contributed by atoms with Crippen molar-refractivity contribution in [3.63, 3.8) is 0 Å². The van der Waals surface area contributed by atoms with Crippen molar-refractivity contribution in [1.29, 1.82) is 0 Å². The third-order valence-corrected chi connectivity index (χ3v) is 2.39. The van der Waals surface area contributed by atoms with Gasteiger partial charge in [-0.3, -0.25) is 4.79 Å². The molecule has 0 aliphatic carbocycles. The Morgan fingerprint density at radius 1 is 1.21 bits per heavy atom. The Morgan fingerprint density at radius 2 is 1.89 bits per heavy atom. The SMILES string of the molecule is [CH2]CCCC(=O)Oc1ccc(C(=O)OCCC)cc1. The zero-order valence-electron chi connectivity index (χ0n) is 11.2. The molecule has 0 saturated carbocycles. The fraction of sp³-hybridized carbons (Fsp3) is 0.400. The van der Waals surface area contributed by atoms with Crippen LogP contribution in [0.2, 0.25) is 0 Å². The topological polar surface area (TPSA) is 52.6 Å². The molecule has 0 bridgehead atoms. The van der Waals surface area contributed by atoms with Crippen LogP contribution in [0.4, 0.5) is 0 Å². The van der Waals surface area contributed by atoms with E-state index in [1.807, 2.05) is 6.92 Å². The summed E-state index contributed by atoms with van der Waals surface area (Å²) in [6.07, 6.45) is 2.55. The van der Waals surface area contributed by atoms with Crippen LogP contribution in [0, 0.1) is 6.92 Å². The van der Waals surface area contributed by atoms with Crippen molar-refractivity contribution in [3.05, 3.63) is 36.8 Å². The highest BCUT2D eigenvalue weighted by molar-refractivity contribution is 5.89. The molecule has 19 heavy (non-hydrogen) atoms. The van der Waals surface area contributed by atoms with Gasteiger partial charge in [0.15, 0.2) is 0 Å². The summed E-state index contributed by atoms with van der Waals surface area (Å²) < 4.78 is 10.1. The Kier molecular flexibility index (Phi) is 6.64. The summed E-state index contributed by atoms with van der Waals surface area (Å²) in [6.45, 7) is 6.00. The predicted octanol–water partition coefficient (Wildman–Crippen LogP) is 3.16. The van der Waals surface area contributed by atoms with Gasteiger partial charge in [0.1, 0.15) is 5.75 Å². The molecule has 0 spiro atoms. The van der Waals surface area contributed by atoms with Crippen LogP contribution in [0.15, 0.2) is 24.3 Å². The number of ether oxygens (including phenoxy) is 2. The van der Waals surface area contributed by atoms with Crippen molar-refractivity contribution >= 4 is 11.9 Å². The Hall–Kier alpha value is -1.84. The lowest BCUT2D eigenvalue weighted by molar-refractivity contribution is -0.134. The largest absolute Gasteiger partial charge is 0.462 e. The normalized spacial score (nSPS) is 10.0. The number of benzene rings is 1. The van der Waals surface area contributed by atoms with E-state index < -0.39 is 0 Å². The predicted molar refractivity (Wildman–Crippen MR) is 71.9 cm³/mol. The van der Waals surface area contributed by atoms with Gasteiger partial charge in [-0.05, 0) is 37.1 Å². The van der Waals surface area contributed by atoms with Gasteiger partial charge in [0, 0.05) is 6.42 Å². The first kappa shape index (κ1) is 15.2. The van der Waals surface area contributed by atoms with Crippen LogP contribution in [0.25, 0.3) is 0 Å². The first-order valence-corrected chi connectivity index (χ1v) is 6.44. The van der Waals surface area contributed by atoms with Gasteiger partial charge in [0.25, 0.3) is 0 Å². The van der Waals surface area contributed by atoms with Crippen molar-refractivity contribution in [2.75, 3.05) is 6.61 Å². The van der Waals surface area contributed by atoms with Crippen LogP contribution >= 0.6 is 0 Å². The third-order valence-electron chi connectivity index (χ3n) is 2.39. The van der Waals surface area contributed by atoms with E-state index in [1.165, 1.54) is 0 Å². The lowest BCUT2D eigenvalue weighted by Gasteiger charge is -2.05. The molecular formula is C15H19O4. The van der Waals surface area contributed by atoms with E-state index >= 15 is 0 Å². The second-order valence-electron chi connectivity index (χ2n) is 4.09. The van der Waals surface area contributed by atoms with Crippen LogP contribution < -0.4 is 4.74 Å². The van der Waals surface area contributed by atoms with Crippen LogP contribution in [0.1, 0.15) is 43.0 Å². The molecule has 0 saturated heterocycles. The summed E-state index contributed by atoms with van der Waals surface area (Å²) in [5, 5.41) is 0. The molecule has 0 unspecified atom stereocenters. The maximum atomic E-state index is 11.5. The number of hydrogen-bond acceptors (Lipinski definition) is 4. The van der Waals surface area contributed by atoms with Crippen molar-refractivity contribution in [1.82, 2.24) is 0 Å². The summed E-state index contributed by atoms with van der Waals surface area (Å²) in [4.78, 5) is 22.9. The van der Waals surface area contributed by atoms with E-state index in [4.69, 9.17) is 9.47 Å². The molecule has 103 valence electrons. The molecule has 1 aromatic carbocycles. The average molecular weight is 263 g/mol. The van der Waals surface area contributed by atoms with Crippen molar-refractivity contribution in [2.24, 2.45) is 0 Å². The molecule has 1 radical (unpaired) electrons. The van der Waals surface area contributed by atoms with Gasteiger partial charge in [-0.15, -0.1) is 0 Å². The van der Waals surface area contributed by atoms with Crippen LogP contribution in [-0.2, 0) is 9.53 Å². The standard InChI is InChI=1S/C15H19O4/c1-3-5-6-14(16)19-13-9-7-12(8-10-13)15(17)18-11-4-2/h7-10H,1,3-6,11H2,2H3.